The minimum atomic E-state index is 0. The highest BCUT2D eigenvalue weighted by Gasteiger charge is 2.38. The number of piperidine rings is 1. The van der Waals surface area contributed by atoms with Gasteiger partial charge in [-0.05, 0) is 57.1 Å². The van der Waals surface area contributed by atoms with E-state index in [1.165, 1.54) is 24.1 Å². The molecule has 6 heteroatoms. The second-order valence-electron chi connectivity index (χ2n) is 8.05. The lowest BCUT2D eigenvalue weighted by Gasteiger charge is -2.35. The number of nitrogens with zero attached hydrogens (tertiary/aromatic N) is 3. The minimum Gasteiger partial charge on any atom is -0.337 e. The van der Waals surface area contributed by atoms with Crippen LogP contribution in [-0.2, 0) is 12.8 Å². The Hall–Kier alpha value is -1.85. The maximum atomic E-state index is 13.3. The first-order valence-corrected chi connectivity index (χ1v) is 9.90. The molecule has 144 valence electrons. The Morgan fingerprint density at radius 1 is 1.15 bits per heavy atom. The van der Waals surface area contributed by atoms with Crippen LogP contribution in [0.2, 0.25) is 0 Å². The van der Waals surface area contributed by atoms with E-state index in [1.54, 1.807) is 0 Å². The Morgan fingerprint density at radius 2 is 1.85 bits per heavy atom. The molecule has 0 saturated carbocycles. The average molecular weight is 387 g/mol. The normalized spacial score (nSPS) is 25.7. The molecule has 1 amide bonds. The number of fused-ring (bicyclic) bond motifs is 3. The van der Waals surface area contributed by atoms with Gasteiger partial charge in [-0.1, -0.05) is 18.2 Å². The summed E-state index contributed by atoms with van der Waals surface area (Å²) in [5.41, 5.74) is 4.11. The monoisotopic (exact) mass is 386 g/mol. The molecule has 27 heavy (non-hydrogen) atoms. The second-order valence-corrected chi connectivity index (χ2v) is 8.05. The first-order chi connectivity index (χ1) is 12.7. The Labute approximate surface area is 166 Å². The number of nitrogens with one attached hydrogen (secondary N) is 1. The van der Waals surface area contributed by atoms with Crippen LogP contribution in [0.25, 0.3) is 5.69 Å². The van der Waals surface area contributed by atoms with Crippen molar-refractivity contribution in [2.45, 2.75) is 63.1 Å². The number of rotatable bonds is 3. The van der Waals surface area contributed by atoms with Gasteiger partial charge in [-0.25, -0.2) is 4.68 Å². The van der Waals surface area contributed by atoms with Crippen molar-refractivity contribution in [3.05, 3.63) is 47.3 Å². The fourth-order valence-corrected chi connectivity index (χ4v) is 5.07. The van der Waals surface area contributed by atoms with Gasteiger partial charge in [0.15, 0.2) is 5.69 Å². The van der Waals surface area contributed by atoms with E-state index in [1.807, 2.05) is 34.8 Å². The molecule has 1 aliphatic carbocycles. The number of halogens is 1. The van der Waals surface area contributed by atoms with Crippen molar-refractivity contribution in [2.24, 2.45) is 0 Å². The molecule has 2 saturated heterocycles. The number of hydrogen-bond acceptors (Lipinski definition) is 3. The minimum absolute atomic E-state index is 0. The highest BCUT2D eigenvalue weighted by atomic mass is 35.5. The first-order valence-electron chi connectivity index (χ1n) is 9.90. The predicted octanol–water partition coefficient (Wildman–Crippen LogP) is 3.14. The maximum absolute atomic E-state index is 13.3. The van der Waals surface area contributed by atoms with Gasteiger partial charge in [0.05, 0.1) is 5.69 Å². The van der Waals surface area contributed by atoms with Gasteiger partial charge in [0.1, 0.15) is 0 Å². The van der Waals surface area contributed by atoms with Gasteiger partial charge in [-0.2, -0.15) is 5.10 Å². The number of benzene rings is 1. The van der Waals surface area contributed by atoms with Gasteiger partial charge in [-0.15, -0.1) is 12.4 Å². The topological polar surface area (TPSA) is 50.2 Å². The van der Waals surface area contributed by atoms with Crippen molar-refractivity contribution in [3.63, 3.8) is 0 Å². The third-order valence-electron chi connectivity index (χ3n) is 6.45. The summed E-state index contributed by atoms with van der Waals surface area (Å²) >= 11 is 0. The summed E-state index contributed by atoms with van der Waals surface area (Å²) in [6.45, 7) is 0. The highest BCUT2D eigenvalue weighted by molar-refractivity contribution is 5.94. The van der Waals surface area contributed by atoms with Crippen molar-refractivity contribution in [3.8, 4) is 5.69 Å². The summed E-state index contributed by atoms with van der Waals surface area (Å²) in [7, 11) is 1.97. The molecule has 1 N–H and O–H groups in total. The highest BCUT2D eigenvalue weighted by Crippen LogP contribution is 2.32. The molecular formula is C21H27ClN4O. The first kappa shape index (κ1) is 18.5. The molecule has 1 aromatic heterocycles. The van der Waals surface area contributed by atoms with Crippen LogP contribution >= 0.6 is 12.4 Å². The van der Waals surface area contributed by atoms with E-state index in [4.69, 9.17) is 5.10 Å². The van der Waals surface area contributed by atoms with Gasteiger partial charge in [0.25, 0.3) is 5.91 Å². The summed E-state index contributed by atoms with van der Waals surface area (Å²) in [4.78, 5) is 15.3. The van der Waals surface area contributed by atoms with Crippen molar-refractivity contribution in [1.82, 2.24) is 20.0 Å². The van der Waals surface area contributed by atoms with Crippen LogP contribution in [0.5, 0.6) is 0 Å². The van der Waals surface area contributed by atoms with Crippen LogP contribution in [-0.4, -0.2) is 45.8 Å². The lowest BCUT2D eigenvalue weighted by molar-refractivity contribution is 0.0674. The Kier molecular flexibility index (Phi) is 4.99. The smallest absolute Gasteiger partial charge is 0.274 e. The van der Waals surface area contributed by atoms with E-state index in [2.05, 4.69) is 17.4 Å². The molecule has 2 fully saturated rings. The molecule has 2 aromatic rings. The van der Waals surface area contributed by atoms with Gasteiger partial charge < -0.3 is 10.2 Å². The Bertz CT molecular complexity index is 822. The van der Waals surface area contributed by atoms with Crippen LogP contribution in [0.3, 0.4) is 0 Å². The molecule has 0 radical (unpaired) electrons. The van der Waals surface area contributed by atoms with E-state index in [0.29, 0.717) is 23.8 Å². The maximum Gasteiger partial charge on any atom is 0.274 e. The predicted molar refractivity (Wildman–Crippen MR) is 108 cm³/mol. The zero-order chi connectivity index (χ0) is 17.7. The largest absolute Gasteiger partial charge is 0.337 e. The van der Waals surface area contributed by atoms with Crippen LogP contribution in [0, 0.1) is 0 Å². The van der Waals surface area contributed by atoms with Crippen LogP contribution < -0.4 is 5.32 Å². The molecule has 1 aromatic carbocycles. The van der Waals surface area contributed by atoms with E-state index in [0.717, 1.165) is 37.8 Å². The van der Waals surface area contributed by atoms with Crippen molar-refractivity contribution >= 4 is 18.3 Å². The molecule has 3 aliphatic rings. The zero-order valence-corrected chi connectivity index (χ0v) is 16.5. The summed E-state index contributed by atoms with van der Waals surface area (Å²) in [5.74, 6) is 0.101. The standard InChI is InChI=1S/C21H26N4O.ClH/c1-24(17-12-14-10-11-15(13-17)22-14)21(26)20-18-8-5-9-19(18)25(23-20)16-6-3-2-4-7-16;/h2-4,6-7,14-15,17,22H,5,8-13H2,1H3;1H. The number of carbonyl (C=O) groups is 1. The molecule has 3 heterocycles. The fraction of sp³-hybridized carbons (Fsp3) is 0.524. The van der Waals surface area contributed by atoms with E-state index < -0.39 is 0 Å². The molecule has 2 bridgehead atoms. The summed E-state index contributed by atoms with van der Waals surface area (Å²) < 4.78 is 2.00. The number of para-hydroxylation sites is 1. The zero-order valence-electron chi connectivity index (χ0n) is 15.7. The molecular weight excluding hydrogens is 360 g/mol. The quantitative estimate of drug-likeness (QED) is 0.881. The number of aromatic nitrogens is 2. The lowest BCUT2D eigenvalue weighted by Crippen LogP contribution is -2.48. The number of amides is 1. The summed E-state index contributed by atoms with van der Waals surface area (Å²) in [5, 5.41) is 8.44. The van der Waals surface area contributed by atoms with Gasteiger partial charge >= 0.3 is 0 Å². The SMILES string of the molecule is CN(C(=O)c1nn(-c2ccccc2)c2c1CCC2)C1CC2CCC(C1)N2.Cl. The van der Waals surface area contributed by atoms with Crippen LogP contribution in [0.4, 0.5) is 0 Å². The van der Waals surface area contributed by atoms with Crippen LogP contribution in [0.1, 0.15) is 53.8 Å². The molecule has 2 unspecified atom stereocenters. The van der Waals surface area contributed by atoms with Gasteiger partial charge in [0, 0.05) is 36.4 Å². The number of hydrogen-bond donors (Lipinski definition) is 1. The van der Waals surface area contributed by atoms with Crippen molar-refractivity contribution < 1.29 is 4.79 Å². The van der Waals surface area contributed by atoms with E-state index in [9.17, 15) is 4.79 Å². The van der Waals surface area contributed by atoms with Crippen molar-refractivity contribution in [1.29, 1.82) is 0 Å². The Morgan fingerprint density at radius 3 is 2.56 bits per heavy atom. The molecule has 2 atom stereocenters. The summed E-state index contributed by atoms with van der Waals surface area (Å²) in [6, 6.07) is 11.7. The third-order valence-corrected chi connectivity index (χ3v) is 6.45. The molecule has 2 aliphatic heterocycles. The molecule has 0 spiro atoms. The fourth-order valence-electron chi connectivity index (χ4n) is 5.07. The average Bonchev–Trinajstić information content (AvgIpc) is 3.36. The van der Waals surface area contributed by atoms with E-state index in [-0.39, 0.29) is 18.3 Å². The molecule has 5 nitrogen and oxygen atoms in total. The third kappa shape index (κ3) is 3.17. The second kappa shape index (κ2) is 7.28. The summed E-state index contributed by atoms with van der Waals surface area (Å²) in [6.07, 6.45) is 7.73. The Balaban J connectivity index is 0.00000180. The number of carbonyl (C=O) groups excluding carboxylic acids is 1. The molecule has 5 rings (SSSR count). The van der Waals surface area contributed by atoms with Crippen LogP contribution in [0.15, 0.2) is 30.3 Å². The van der Waals surface area contributed by atoms with Gasteiger partial charge in [0.2, 0.25) is 0 Å². The van der Waals surface area contributed by atoms with Gasteiger partial charge in [-0.3, -0.25) is 4.79 Å². The lowest BCUT2D eigenvalue weighted by atomic mass is 9.98. The van der Waals surface area contributed by atoms with E-state index >= 15 is 0 Å². The van der Waals surface area contributed by atoms with Crippen molar-refractivity contribution in [2.75, 3.05) is 7.05 Å².